The van der Waals surface area contributed by atoms with Crippen LogP contribution in [0.2, 0.25) is 0 Å². The molecule has 0 amide bonds. The zero-order valence-corrected chi connectivity index (χ0v) is 10.7. The smallest absolute Gasteiger partial charge is 0.399 e. The van der Waals surface area contributed by atoms with E-state index in [4.69, 9.17) is 15.7 Å². The van der Waals surface area contributed by atoms with Crippen molar-refractivity contribution >= 4 is 12.6 Å². The Bertz CT molecular complexity index is 461. The lowest BCUT2D eigenvalue weighted by Crippen LogP contribution is -2.41. The molecule has 0 aromatic carbocycles. The molecule has 0 aliphatic carbocycles. The molecular formula is C13H16BNO2. The van der Waals surface area contributed by atoms with Gasteiger partial charge >= 0.3 is 7.12 Å². The van der Waals surface area contributed by atoms with Gasteiger partial charge in [-0.15, -0.1) is 6.42 Å². The summed E-state index contributed by atoms with van der Waals surface area (Å²) in [7, 11) is -0.422. The average Bonchev–Trinajstić information content (AvgIpc) is 2.48. The lowest BCUT2D eigenvalue weighted by atomic mass is 9.77. The highest BCUT2D eigenvalue weighted by atomic mass is 16.7. The van der Waals surface area contributed by atoms with E-state index in [-0.39, 0.29) is 11.2 Å². The molecule has 0 radical (unpaired) electrons. The van der Waals surface area contributed by atoms with Gasteiger partial charge in [-0.3, -0.25) is 4.98 Å². The van der Waals surface area contributed by atoms with Crippen molar-refractivity contribution in [3.63, 3.8) is 0 Å². The Hall–Kier alpha value is -1.31. The van der Waals surface area contributed by atoms with E-state index in [1.54, 1.807) is 12.4 Å². The van der Waals surface area contributed by atoms with Gasteiger partial charge in [-0.25, -0.2) is 0 Å². The zero-order valence-electron chi connectivity index (χ0n) is 10.7. The Balaban J connectivity index is 2.36. The van der Waals surface area contributed by atoms with Crippen molar-refractivity contribution in [1.29, 1.82) is 0 Å². The van der Waals surface area contributed by atoms with E-state index in [9.17, 15) is 0 Å². The van der Waals surface area contributed by atoms with Crippen LogP contribution in [-0.2, 0) is 9.31 Å². The summed E-state index contributed by atoms with van der Waals surface area (Å²) in [6.45, 7) is 8.07. The molecule has 1 aliphatic rings. The summed E-state index contributed by atoms with van der Waals surface area (Å²) in [6.07, 6.45) is 8.80. The Morgan fingerprint density at radius 2 is 1.82 bits per heavy atom. The van der Waals surface area contributed by atoms with Crippen LogP contribution in [0.25, 0.3) is 0 Å². The molecule has 2 rings (SSSR count). The molecule has 0 unspecified atom stereocenters. The second kappa shape index (κ2) is 3.87. The maximum atomic E-state index is 5.95. The summed E-state index contributed by atoms with van der Waals surface area (Å²) in [5.41, 5.74) is 0.867. The molecule has 1 aliphatic heterocycles. The van der Waals surface area contributed by atoms with Gasteiger partial charge in [0, 0.05) is 23.4 Å². The predicted octanol–water partition coefficient (Wildman–Crippen LogP) is 1.36. The molecule has 2 heterocycles. The summed E-state index contributed by atoms with van der Waals surface area (Å²) in [5, 5.41) is 0. The summed E-state index contributed by atoms with van der Waals surface area (Å²) >= 11 is 0. The molecule has 17 heavy (non-hydrogen) atoms. The van der Waals surface area contributed by atoms with Crippen molar-refractivity contribution in [1.82, 2.24) is 4.98 Å². The third-order valence-corrected chi connectivity index (χ3v) is 3.52. The molecule has 88 valence electrons. The van der Waals surface area contributed by atoms with E-state index in [0.717, 1.165) is 5.46 Å². The van der Waals surface area contributed by atoms with Crippen LogP contribution in [0.5, 0.6) is 0 Å². The zero-order chi connectivity index (χ0) is 12.7. The standard InChI is InChI=1S/C13H16BNO2/c1-6-10-9-15-8-7-11(10)14-16-12(2,3)13(4,5)17-14/h1,7-9H,2-5H3. The maximum Gasteiger partial charge on any atom is 0.496 e. The summed E-state index contributed by atoms with van der Waals surface area (Å²) in [6, 6.07) is 1.84. The fraction of sp³-hybridized carbons (Fsp3) is 0.462. The summed E-state index contributed by atoms with van der Waals surface area (Å²) in [5.74, 6) is 2.60. The Kier molecular flexibility index (Phi) is 2.77. The highest BCUT2D eigenvalue weighted by Crippen LogP contribution is 2.36. The van der Waals surface area contributed by atoms with Crippen LogP contribution in [0.4, 0.5) is 0 Å². The van der Waals surface area contributed by atoms with E-state index in [2.05, 4.69) is 10.9 Å². The molecule has 0 N–H and O–H groups in total. The minimum absolute atomic E-state index is 0.354. The second-order valence-electron chi connectivity index (χ2n) is 5.20. The predicted molar refractivity (Wildman–Crippen MR) is 67.9 cm³/mol. The van der Waals surface area contributed by atoms with Crippen LogP contribution in [0, 0.1) is 12.3 Å². The van der Waals surface area contributed by atoms with Gasteiger partial charge in [-0.05, 0) is 33.8 Å². The highest BCUT2D eigenvalue weighted by Gasteiger charge is 2.52. The van der Waals surface area contributed by atoms with E-state index in [1.807, 2.05) is 33.8 Å². The van der Waals surface area contributed by atoms with Gasteiger partial charge in [0.05, 0.1) is 11.2 Å². The molecule has 4 heteroatoms. The van der Waals surface area contributed by atoms with Gasteiger partial charge in [-0.2, -0.15) is 0 Å². The van der Waals surface area contributed by atoms with Crippen molar-refractivity contribution in [3.8, 4) is 12.3 Å². The first-order chi connectivity index (χ1) is 7.87. The van der Waals surface area contributed by atoms with Crippen molar-refractivity contribution in [2.24, 2.45) is 0 Å². The van der Waals surface area contributed by atoms with E-state index in [1.165, 1.54) is 0 Å². The molecule has 0 saturated carbocycles. The lowest BCUT2D eigenvalue weighted by Gasteiger charge is -2.32. The number of hydrogen-bond acceptors (Lipinski definition) is 3. The third kappa shape index (κ3) is 1.97. The van der Waals surface area contributed by atoms with Gasteiger partial charge in [0.25, 0.3) is 0 Å². The first-order valence-corrected chi connectivity index (χ1v) is 5.63. The topological polar surface area (TPSA) is 31.4 Å². The van der Waals surface area contributed by atoms with Crippen LogP contribution in [-0.4, -0.2) is 23.3 Å². The van der Waals surface area contributed by atoms with Crippen molar-refractivity contribution < 1.29 is 9.31 Å². The fourth-order valence-electron chi connectivity index (χ4n) is 1.70. The van der Waals surface area contributed by atoms with Gasteiger partial charge in [0.15, 0.2) is 0 Å². The number of rotatable bonds is 1. The molecule has 1 aromatic heterocycles. The first kappa shape index (κ1) is 12.2. The number of pyridine rings is 1. The number of terminal acetylenes is 1. The molecule has 1 fully saturated rings. The largest absolute Gasteiger partial charge is 0.496 e. The van der Waals surface area contributed by atoms with Gasteiger partial charge < -0.3 is 9.31 Å². The van der Waals surface area contributed by atoms with E-state index >= 15 is 0 Å². The number of hydrogen-bond donors (Lipinski definition) is 0. The molecule has 0 bridgehead atoms. The van der Waals surface area contributed by atoms with Gasteiger partial charge in [0.2, 0.25) is 0 Å². The van der Waals surface area contributed by atoms with Gasteiger partial charge in [0.1, 0.15) is 0 Å². The Morgan fingerprint density at radius 1 is 1.24 bits per heavy atom. The van der Waals surface area contributed by atoms with Crippen LogP contribution in [0.15, 0.2) is 18.5 Å². The maximum absolute atomic E-state index is 5.95. The van der Waals surface area contributed by atoms with Crippen LogP contribution < -0.4 is 5.46 Å². The minimum Gasteiger partial charge on any atom is -0.399 e. The molecule has 1 aromatic rings. The van der Waals surface area contributed by atoms with Gasteiger partial charge in [-0.1, -0.05) is 5.92 Å². The molecular weight excluding hydrogens is 213 g/mol. The SMILES string of the molecule is C#Cc1cnccc1B1OC(C)(C)C(C)(C)O1. The number of aromatic nitrogens is 1. The molecule has 0 atom stereocenters. The molecule has 1 saturated heterocycles. The average molecular weight is 229 g/mol. The number of nitrogens with zero attached hydrogens (tertiary/aromatic N) is 1. The van der Waals surface area contributed by atoms with Crippen molar-refractivity contribution in [3.05, 3.63) is 24.0 Å². The molecule has 3 nitrogen and oxygen atoms in total. The molecule has 0 spiro atoms. The quantitative estimate of drug-likeness (QED) is 0.538. The Labute approximate surface area is 103 Å². The summed E-state index contributed by atoms with van der Waals surface area (Å²) < 4.78 is 11.9. The van der Waals surface area contributed by atoms with Crippen LogP contribution in [0.1, 0.15) is 33.3 Å². The van der Waals surface area contributed by atoms with Crippen molar-refractivity contribution in [2.75, 3.05) is 0 Å². The highest BCUT2D eigenvalue weighted by molar-refractivity contribution is 6.62. The third-order valence-electron chi connectivity index (χ3n) is 3.52. The van der Waals surface area contributed by atoms with E-state index in [0.29, 0.717) is 5.56 Å². The van der Waals surface area contributed by atoms with E-state index < -0.39 is 7.12 Å². The fourth-order valence-corrected chi connectivity index (χ4v) is 1.70. The Morgan fingerprint density at radius 3 is 2.35 bits per heavy atom. The van der Waals surface area contributed by atoms with Crippen LogP contribution >= 0.6 is 0 Å². The minimum atomic E-state index is -0.422. The normalized spacial score (nSPS) is 21.2. The first-order valence-electron chi connectivity index (χ1n) is 5.63. The summed E-state index contributed by atoms with van der Waals surface area (Å²) in [4.78, 5) is 4.01. The second-order valence-corrected chi connectivity index (χ2v) is 5.20. The van der Waals surface area contributed by atoms with Crippen LogP contribution in [0.3, 0.4) is 0 Å². The lowest BCUT2D eigenvalue weighted by molar-refractivity contribution is 0.00578. The monoisotopic (exact) mass is 229 g/mol. The van der Waals surface area contributed by atoms with Crippen molar-refractivity contribution in [2.45, 2.75) is 38.9 Å².